The average Bonchev–Trinajstić information content (AvgIpc) is 2.36. The molecule has 1 aromatic carbocycles. The second-order valence-electron chi connectivity index (χ2n) is 4.14. The van der Waals surface area contributed by atoms with Gasteiger partial charge in [0.15, 0.2) is 5.96 Å². The molecule has 0 amide bonds. The van der Waals surface area contributed by atoms with E-state index in [1.54, 1.807) is 0 Å². The topological polar surface area (TPSA) is 59.6 Å². The van der Waals surface area contributed by atoms with Crippen molar-refractivity contribution in [1.29, 1.82) is 0 Å². The van der Waals surface area contributed by atoms with E-state index in [0.29, 0.717) is 17.1 Å². The minimum absolute atomic E-state index is 0.0286. The molecule has 20 heavy (non-hydrogen) atoms. The monoisotopic (exact) mass is 303 g/mol. The molecule has 7 heteroatoms. The quantitative estimate of drug-likeness (QED) is 0.482. The second kappa shape index (κ2) is 7.69. The van der Waals surface area contributed by atoms with E-state index in [4.69, 9.17) is 17.3 Å². The molecule has 0 atom stereocenters. The fourth-order valence-corrected chi connectivity index (χ4v) is 1.54. The van der Waals surface area contributed by atoms with Crippen LogP contribution in [0.15, 0.2) is 35.3 Å². The Morgan fingerprint density at radius 2 is 2.25 bits per heavy atom. The molecule has 0 bridgehead atoms. The molecule has 3 N–H and O–H groups in total. The maximum absolute atomic E-state index is 12.3. The molecule has 110 valence electrons. The van der Waals surface area contributed by atoms with Crippen LogP contribution in [0.1, 0.15) is 12.5 Å². The lowest BCUT2D eigenvalue weighted by Crippen LogP contribution is -2.32. The Balaban J connectivity index is 2.77. The molecule has 0 fully saturated rings. The van der Waals surface area contributed by atoms with E-state index in [0.717, 1.165) is 5.57 Å². The van der Waals surface area contributed by atoms with Gasteiger partial charge in [-0.1, -0.05) is 23.8 Å². The highest BCUT2D eigenvalue weighted by atomic mass is 35.5. The summed E-state index contributed by atoms with van der Waals surface area (Å²) < 4.78 is 28.9. The number of alkyl halides is 2. The number of nitrogens with one attached hydrogen (secondary N) is 1. The first-order valence-corrected chi connectivity index (χ1v) is 6.17. The lowest BCUT2D eigenvalue weighted by Gasteiger charge is -2.10. The van der Waals surface area contributed by atoms with Gasteiger partial charge in [0.1, 0.15) is 5.75 Å². The smallest absolute Gasteiger partial charge is 0.387 e. The summed E-state index contributed by atoms with van der Waals surface area (Å²) in [6, 6.07) is 4.35. The Bertz CT molecular complexity index is 506. The molecule has 0 aliphatic heterocycles. The van der Waals surface area contributed by atoms with Crippen LogP contribution in [-0.2, 0) is 6.54 Å². The number of nitrogens with two attached hydrogens (primary N) is 1. The molecule has 0 unspecified atom stereocenters. The van der Waals surface area contributed by atoms with Crippen LogP contribution < -0.4 is 15.8 Å². The van der Waals surface area contributed by atoms with Crippen molar-refractivity contribution in [3.63, 3.8) is 0 Å². The molecule has 0 aliphatic carbocycles. The van der Waals surface area contributed by atoms with E-state index in [1.807, 2.05) is 6.92 Å². The highest BCUT2D eigenvalue weighted by Crippen LogP contribution is 2.25. The highest BCUT2D eigenvalue weighted by molar-refractivity contribution is 6.30. The van der Waals surface area contributed by atoms with Crippen molar-refractivity contribution in [2.75, 3.05) is 6.54 Å². The maximum atomic E-state index is 12.3. The van der Waals surface area contributed by atoms with Crippen LogP contribution in [0, 0.1) is 0 Å². The summed E-state index contributed by atoms with van der Waals surface area (Å²) in [4.78, 5) is 4.03. The molecule has 1 rings (SSSR count). The number of hydrogen-bond acceptors (Lipinski definition) is 2. The predicted molar refractivity (Wildman–Crippen MR) is 76.2 cm³/mol. The minimum Gasteiger partial charge on any atom is -0.434 e. The molecule has 0 saturated heterocycles. The first-order valence-electron chi connectivity index (χ1n) is 5.80. The number of aliphatic imine (C=N–C) groups is 1. The number of rotatable bonds is 6. The van der Waals surface area contributed by atoms with Gasteiger partial charge in [-0.25, -0.2) is 4.99 Å². The standard InChI is InChI=1S/C13H16ClF2N3O/c1-8(2)6-18-13(17)19-7-9-5-10(14)3-4-11(9)20-12(15)16/h3-5,12H,1,6-7H2,2H3,(H3,17,18,19). The van der Waals surface area contributed by atoms with E-state index < -0.39 is 6.61 Å². The van der Waals surface area contributed by atoms with Crippen molar-refractivity contribution in [3.8, 4) is 5.75 Å². The largest absolute Gasteiger partial charge is 0.434 e. The zero-order valence-electron chi connectivity index (χ0n) is 11.0. The zero-order valence-corrected chi connectivity index (χ0v) is 11.8. The fourth-order valence-electron chi connectivity index (χ4n) is 1.35. The van der Waals surface area contributed by atoms with Crippen molar-refractivity contribution in [2.24, 2.45) is 10.7 Å². The van der Waals surface area contributed by atoms with Gasteiger partial charge in [0.25, 0.3) is 0 Å². The summed E-state index contributed by atoms with van der Waals surface area (Å²) in [7, 11) is 0. The normalized spacial score (nSPS) is 11.6. The van der Waals surface area contributed by atoms with Crippen molar-refractivity contribution in [2.45, 2.75) is 20.1 Å². The summed E-state index contributed by atoms with van der Waals surface area (Å²) in [6.07, 6.45) is 0. The van der Waals surface area contributed by atoms with Gasteiger partial charge in [-0.05, 0) is 25.1 Å². The third-order valence-corrected chi connectivity index (χ3v) is 2.46. The second-order valence-corrected chi connectivity index (χ2v) is 4.58. The van der Waals surface area contributed by atoms with Gasteiger partial charge >= 0.3 is 6.61 Å². The average molecular weight is 304 g/mol. The molecular formula is C13H16ClF2N3O. The van der Waals surface area contributed by atoms with E-state index in [2.05, 4.69) is 21.6 Å². The van der Waals surface area contributed by atoms with Gasteiger partial charge in [0.05, 0.1) is 6.54 Å². The third-order valence-electron chi connectivity index (χ3n) is 2.23. The Hall–Kier alpha value is -1.82. The summed E-state index contributed by atoms with van der Waals surface area (Å²) >= 11 is 5.82. The number of hydrogen-bond donors (Lipinski definition) is 2. The van der Waals surface area contributed by atoms with Crippen LogP contribution in [0.3, 0.4) is 0 Å². The van der Waals surface area contributed by atoms with Crippen molar-refractivity contribution >= 4 is 17.6 Å². The molecule has 0 aromatic heterocycles. The van der Waals surface area contributed by atoms with Gasteiger partial charge in [-0.2, -0.15) is 8.78 Å². The summed E-state index contributed by atoms with van der Waals surface area (Å²) in [6.45, 7) is 3.22. The molecular weight excluding hydrogens is 288 g/mol. The Labute approximate surface area is 121 Å². The number of halogens is 3. The molecule has 0 heterocycles. The number of ether oxygens (including phenoxy) is 1. The SMILES string of the molecule is C=C(C)CNC(N)=NCc1cc(Cl)ccc1OC(F)F. The van der Waals surface area contributed by atoms with Crippen LogP contribution in [0.5, 0.6) is 5.75 Å². The van der Waals surface area contributed by atoms with Crippen LogP contribution in [0.2, 0.25) is 5.02 Å². The lowest BCUT2D eigenvalue weighted by molar-refractivity contribution is -0.0504. The van der Waals surface area contributed by atoms with Gasteiger partial charge in [0.2, 0.25) is 0 Å². The molecule has 0 aliphatic rings. The Morgan fingerprint density at radius 3 is 2.85 bits per heavy atom. The first-order chi connectivity index (χ1) is 9.38. The maximum Gasteiger partial charge on any atom is 0.387 e. The van der Waals surface area contributed by atoms with Gasteiger partial charge in [-0.3, -0.25) is 0 Å². The van der Waals surface area contributed by atoms with Gasteiger partial charge < -0.3 is 15.8 Å². The molecule has 0 saturated carbocycles. The Kier molecular flexibility index (Phi) is 6.24. The van der Waals surface area contributed by atoms with E-state index in [9.17, 15) is 8.78 Å². The summed E-state index contributed by atoms with van der Waals surface area (Å²) in [5.74, 6) is 0.219. The van der Waals surface area contributed by atoms with Crippen LogP contribution >= 0.6 is 11.6 Å². The fraction of sp³-hybridized carbons (Fsp3) is 0.308. The summed E-state index contributed by atoms with van der Waals surface area (Å²) in [5, 5.41) is 3.24. The first kappa shape index (κ1) is 16.2. The Morgan fingerprint density at radius 1 is 1.55 bits per heavy atom. The van der Waals surface area contributed by atoms with E-state index >= 15 is 0 Å². The van der Waals surface area contributed by atoms with Crippen LogP contribution in [-0.4, -0.2) is 19.1 Å². The third kappa shape index (κ3) is 5.88. The zero-order chi connectivity index (χ0) is 15.1. The van der Waals surface area contributed by atoms with Crippen LogP contribution in [0.4, 0.5) is 8.78 Å². The van der Waals surface area contributed by atoms with Gasteiger partial charge in [-0.15, -0.1) is 0 Å². The number of guanidine groups is 1. The van der Waals surface area contributed by atoms with E-state index in [1.165, 1.54) is 18.2 Å². The highest BCUT2D eigenvalue weighted by Gasteiger charge is 2.10. The van der Waals surface area contributed by atoms with Crippen LogP contribution in [0.25, 0.3) is 0 Å². The predicted octanol–water partition coefficient (Wildman–Crippen LogP) is 2.92. The number of benzene rings is 1. The molecule has 0 radical (unpaired) electrons. The van der Waals surface area contributed by atoms with Crippen molar-refractivity contribution in [1.82, 2.24) is 5.32 Å². The molecule has 0 spiro atoms. The van der Waals surface area contributed by atoms with Crippen molar-refractivity contribution < 1.29 is 13.5 Å². The molecule has 1 aromatic rings. The number of nitrogens with zero attached hydrogens (tertiary/aromatic N) is 1. The summed E-state index contributed by atoms with van der Waals surface area (Å²) in [5.41, 5.74) is 6.96. The van der Waals surface area contributed by atoms with E-state index in [-0.39, 0.29) is 18.3 Å². The lowest BCUT2D eigenvalue weighted by atomic mass is 10.2. The van der Waals surface area contributed by atoms with Crippen molar-refractivity contribution in [3.05, 3.63) is 40.9 Å². The van der Waals surface area contributed by atoms with Gasteiger partial charge in [0, 0.05) is 17.1 Å². The molecule has 4 nitrogen and oxygen atoms in total. The minimum atomic E-state index is -2.90.